The Labute approximate surface area is 139 Å². The molecule has 0 aliphatic carbocycles. The van der Waals surface area contributed by atoms with Gasteiger partial charge in [-0.25, -0.2) is 8.78 Å². The van der Waals surface area contributed by atoms with Gasteiger partial charge in [-0.3, -0.25) is 4.79 Å². The molecule has 2 aromatic rings. The maximum Gasteiger partial charge on any atom is 0.252 e. The number of benzene rings is 2. The Kier molecular flexibility index (Phi) is 5.64. The topological polar surface area (TPSA) is 52.9 Å². The molecule has 0 aromatic heterocycles. The van der Waals surface area contributed by atoms with Crippen molar-refractivity contribution in [2.24, 2.45) is 5.92 Å². The number of nitrogens with one attached hydrogen (secondary N) is 1. The fraction of sp³-hybridized carbons (Fsp3) is 0.263. The summed E-state index contributed by atoms with van der Waals surface area (Å²) < 4.78 is 26.7. The summed E-state index contributed by atoms with van der Waals surface area (Å²) in [5.74, 6) is -1.58. The van der Waals surface area contributed by atoms with Crippen LogP contribution in [0, 0.1) is 28.9 Å². The predicted molar refractivity (Wildman–Crippen MR) is 87.2 cm³/mol. The molecule has 24 heavy (non-hydrogen) atoms. The predicted octanol–water partition coefficient (Wildman–Crippen LogP) is 4.16. The molecule has 2 aromatic carbocycles. The van der Waals surface area contributed by atoms with E-state index in [1.165, 1.54) is 0 Å². The number of hydrogen-bond acceptors (Lipinski definition) is 2. The lowest BCUT2D eigenvalue weighted by atomic mass is 10.0. The molecular formula is C19H18F2N2O. The van der Waals surface area contributed by atoms with Crippen LogP contribution in [-0.4, -0.2) is 5.91 Å². The van der Waals surface area contributed by atoms with Crippen molar-refractivity contribution >= 4 is 5.91 Å². The van der Waals surface area contributed by atoms with Gasteiger partial charge in [-0.1, -0.05) is 32.0 Å². The number of nitrogens with zero attached hydrogens (tertiary/aromatic N) is 1. The normalized spacial score (nSPS) is 11.8. The highest BCUT2D eigenvalue weighted by atomic mass is 19.1. The van der Waals surface area contributed by atoms with E-state index in [1.54, 1.807) is 12.1 Å². The summed E-state index contributed by atoms with van der Waals surface area (Å²) in [5, 5.41) is 11.6. The van der Waals surface area contributed by atoms with Gasteiger partial charge in [0, 0.05) is 17.2 Å². The van der Waals surface area contributed by atoms with Crippen LogP contribution in [0.1, 0.15) is 41.4 Å². The molecular weight excluding hydrogens is 310 g/mol. The Morgan fingerprint density at radius 3 is 2.38 bits per heavy atom. The fourth-order valence-electron chi connectivity index (χ4n) is 2.39. The van der Waals surface area contributed by atoms with E-state index in [1.807, 2.05) is 18.2 Å². The second-order valence-electron chi connectivity index (χ2n) is 6.00. The molecule has 0 aliphatic heterocycles. The lowest BCUT2D eigenvalue weighted by Gasteiger charge is -2.13. The van der Waals surface area contributed by atoms with E-state index >= 15 is 0 Å². The van der Waals surface area contributed by atoms with Crippen LogP contribution in [0.4, 0.5) is 8.78 Å². The molecule has 124 valence electrons. The molecule has 1 unspecified atom stereocenters. The highest BCUT2D eigenvalue weighted by Gasteiger charge is 2.19. The lowest BCUT2D eigenvalue weighted by molar-refractivity contribution is 0.0944. The van der Waals surface area contributed by atoms with E-state index in [-0.39, 0.29) is 5.56 Å². The fourth-order valence-corrected chi connectivity index (χ4v) is 2.39. The zero-order valence-electron chi connectivity index (χ0n) is 13.5. The van der Waals surface area contributed by atoms with Crippen LogP contribution in [0.15, 0.2) is 42.5 Å². The zero-order chi connectivity index (χ0) is 17.7. The average molecular weight is 328 g/mol. The number of amides is 1. The van der Waals surface area contributed by atoms with Crippen LogP contribution < -0.4 is 5.32 Å². The maximum atomic E-state index is 13.8. The number of nitriles is 1. The molecule has 2 rings (SSSR count). The summed E-state index contributed by atoms with van der Waals surface area (Å²) >= 11 is 0. The van der Waals surface area contributed by atoms with Crippen LogP contribution in [0.5, 0.6) is 0 Å². The Morgan fingerprint density at radius 2 is 1.83 bits per heavy atom. The number of hydrogen-bond donors (Lipinski definition) is 1. The van der Waals surface area contributed by atoms with Gasteiger partial charge < -0.3 is 5.32 Å². The minimum absolute atomic E-state index is 0.0660. The minimum Gasteiger partial charge on any atom is -0.332 e. The van der Waals surface area contributed by atoms with Gasteiger partial charge in [0.25, 0.3) is 5.91 Å². The van der Waals surface area contributed by atoms with E-state index in [0.29, 0.717) is 17.5 Å². The number of rotatable bonds is 5. The molecule has 0 bridgehead atoms. The summed E-state index contributed by atoms with van der Waals surface area (Å²) in [6.07, 6.45) is 0.906. The van der Waals surface area contributed by atoms with Crippen LogP contribution >= 0.6 is 0 Å². The molecule has 0 spiro atoms. The highest BCUT2D eigenvalue weighted by molar-refractivity contribution is 5.94. The molecule has 0 aliphatic rings. The van der Waals surface area contributed by atoms with Crippen LogP contribution in [0.2, 0.25) is 0 Å². The first kappa shape index (κ1) is 17.6. The van der Waals surface area contributed by atoms with Gasteiger partial charge in [0.15, 0.2) is 0 Å². The van der Waals surface area contributed by atoms with Gasteiger partial charge in [-0.05, 0) is 36.1 Å². The van der Waals surface area contributed by atoms with Crippen molar-refractivity contribution in [2.45, 2.75) is 26.3 Å². The van der Waals surface area contributed by atoms with Gasteiger partial charge >= 0.3 is 0 Å². The number of carbonyl (C=O) groups is 1. The third-order valence-corrected chi connectivity index (χ3v) is 3.54. The molecule has 0 heterocycles. The molecule has 3 nitrogen and oxygen atoms in total. The van der Waals surface area contributed by atoms with Crippen molar-refractivity contribution in [1.29, 1.82) is 5.26 Å². The largest absolute Gasteiger partial charge is 0.332 e. The van der Waals surface area contributed by atoms with Crippen LogP contribution in [-0.2, 0) is 6.42 Å². The standard InChI is InChI=1S/C19H18F2N2O/c1-12(2)9-13-3-5-14(6-4-13)19(24)23-18(11-22)16-8-7-15(20)10-17(16)21/h3-8,10,12,18H,9H2,1-2H3,(H,23,24). The summed E-state index contributed by atoms with van der Waals surface area (Å²) in [6.45, 7) is 4.21. The smallest absolute Gasteiger partial charge is 0.252 e. The summed E-state index contributed by atoms with van der Waals surface area (Å²) in [6, 6.07) is 10.6. The lowest BCUT2D eigenvalue weighted by Crippen LogP contribution is -2.28. The third-order valence-electron chi connectivity index (χ3n) is 3.54. The summed E-state index contributed by atoms with van der Waals surface area (Å²) in [4.78, 5) is 12.2. The Balaban J connectivity index is 2.13. The van der Waals surface area contributed by atoms with Gasteiger partial charge in [0.2, 0.25) is 0 Å². The number of halogens is 2. The highest BCUT2D eigenvalue weighted by Crippen LogP contribution is 2.18. The average Bonchev–Trinajstić information content (AvgIpc) is 2.53. The SMILES string of the molecule is CC(C)Cc1ccc(C(=O)NC(C#N)c2ccc(F)cc2F)cc1. The monoisotopic (exact) mass is 328 g/mol. The maximum absolute atomic E-state index is 13.8. The first-order chi connectivity index (χ1) is 11.4. The molecule has 1 N–H and O–H groups in total. The van der Waals surface area contributed by atoms with Crippen molar-refractivity contribution in [1.82, 2.24) is 5.32 Å². The second-order valence-corrected chi connectivity index (χ2v) is 6.00. The number of carbonyl (C=O) groups excluding carboxylic acids is 1. The Hall–Kier alpha value is -2.74. The van der Waals surface area contributed by atoms with E-state index < -0.39 is 23.6 Å². The van der Waals surface area contributed by atoms with Crippen LogP contribution in [0.3, 0.4) is 0 Å². The Morgan fingerprint density at radius 1 is 1.17 bits per heavy atom. The van der Waals surface area contributed by atoms with E-state index in [4.69, 9.17) is 0 Å². The molecule has 5 heteroatoms. The van der Waals surface area contributed by atoms with Gasteiger partial charge in [0.1, 0.15) is 17.7 Å². The van der Waals surface area contributed by atoms with Gasteiger partial charge in [0.05, 0.1) is 6.07 Å². The molecule has 0 saturated carbocycles. The molecule has 0 saturated heterocycles. The van der Waals surface area contributed by atoms with Gasteiger partial charge in [-0.15, -0.1) is 0 Å². The summed E-state index contributed by atoms with van der Waals surface area (Å²) in [7, 11) is 0. The van der Waals surface area contributed by atoms with E-state index in [9.17, 15) is 18.8 Å². The van der Waals surface area contributed by atoms with Crippen molar-refractivity contribution in [3.8, 4) is 6.07 Å². The van der Waals surface area contributed by atoms with Crippen LogP contribution in [0.25, 0.3) is 0 Å². The molecule has 1 atom stereocenters. The molecule has 0 fully saturated rings. The first-order valence-electron chi connectivity index (χ1n) is 7.65. The third kappa shape index (κ3) is 4.39. The second kappa shape index (κ2) is 7.69. The van der Waals surface area contributed by atoms with E-state index in [0.717, 1.165) is 24.1 Å². The summed E-state index contributed by atoms with van der Waals surface area (Å²) in [5.41, 5.74) is 1.43. The first-order valence-corrected chi connectivity index (χ1v) is 7.65. The zero-order valence-corrected chi connectivity index (χ0v) is 13.5. The Bertz CT molecular complexity index is 764. The molecule has 0 radical (unpaired) electrons. The van der Waals surface area contributed by atoms with Crippen molar-refractivity contribution < 1.29 is 13.6 Å². The van der Waals surface area contributed by atoms with Crippen molar-refractivity contribution in [3.63, 3.8) is 0 Å². The minimum atomic E-state index is -1.19. The quantitative estimate of drug-likeness (QED) is 0.896. The van der Waals surface area contributed by atoms with Gasteiger partial charge in [-0.2, -0.15) is 5.26 Å². The molecule has 1 amide bonds. The van der Waals surface area contributed by atoms with E-state index in [2.05, 4.69) is 19.2 Å². The van der Waals surface area contributed by atoms with Crippen molar-refractivity contribution in [2.75, 3.05) is 0 Å². The van der Waals surface area contributed by atoms with Crippen molar-refractivity contribution in [3.05, 3.63) is 70.8 Å².